The monoisotopic (exact) mass is 94.1 g/mol. The second-order valence-electron chi connectivity index (χ2n) is 1.58. The minimum absolute atomic E-state index is 1.29. The van der Waals surface area contributed by atoms with Gasteiger partial charge in [-0.05, 0) is 12.5 Å². The first-order valence-corrected chi connectivity index (χ1v) is 2.32. The molecule has 1 N–H and O–H groups in total. The lowest BCUT2D eigenvalue weighted by molar-refractivity contribution is -0.378. The quantitative estimate of drug-likeness (QED) is 0.451. The zero-order valence-corrected chi connectivity index (χ0v) is 4.31. The third kappa shape index (κ3) is 1.000. The number of H-pyrrole nitrogens is 1. The van der Waals surface area contributed by atoms with Crippen LogP contribution in [0.15, 0.2) is 24.5 Å². The van der Waals surface area contributed by atoms with Crippen LogP contribution in [0.25, 0.3) is 0 Å². The van der Waals surface area contributed by atoms with Crippen LogP contribution >= 0.6 is 0 Å². The zero-order valence-electron chi connectivity index (χ0n) is 4.31. The van der Waals surface area contributed by atoms with E-state index in [1.165, 1.54) is 5.56 Å². The van der Waals surface area contributed by atoms with Gasteiger partial charge in [0.05, 0.1) is 0 Å². The largest absolute Gasteiger partial charge is 0.218 e. The minimum Gasteiger partial charge on any atom is -0.218 e. The fourth-order valence-electron chi connectivity index (χ4n) is 0.470. The van der Waals surface area contributed by atoms with Crippen molar-refractivity contribution in [3.05, 3.63) is 30.1 Å². The lowest BCUT2D eigenvalue weighted by atomic mass is 10.3. The maximum Gasteiger partial charge on any atom is 0.167 e. The molecule has 0 aliphatic rings. The summed E-state index contributed by atoms with van der Waals surface area (Å²) in [4.78, 5) is 2.93. The second kappa shape index (κ2) is 1.73. The molecule has 0 atom stereocenters. The maximum absolute atomic E-state index is 2.93. The highest BCUT2D eigenvalue weighted by Gasteiger charge is 1.78. The van der Waals surface area contributed by atoms with E-state index in [4.69, 9.17) is 0 Å². The molecular formula is C6H8N+. The van der Waals surface area contributed by atoms with Crippen molar-refractivity contribution in [1.82, 2.24) is 0 Å². The van der Waals surface area contributed by atoms with Crippen LogP contribution in [0, 0.1) is 6.92 Å². The van der Waals surface area contributed by atoms with Crippen molar-refractivity contribution in [2.75, 3.05) is 0 Å². The highest BCUT2D eigenvalue weighted by Crippen LogP contribution is 1.86. The van der Waals surface area contributed by atoms with Gasteiger partial charge in [0.2, 0.25) is 0 Å². The van der Waals surface area contributed by atoms with E-state index in [9.17, 15) is 0 Å². The van der Waals surface area contributed by atoms with Gasteiger partial charge in [0.15, 0.2) is 12.4 Å². The number of hydrogen-bond acceptors (Lipinski definition) is 0. The van der Waals surface area contributed by atoms with E-state index in [0.717, 1.165) is 0 Å². The van der Waals surface area contributed by atoms with E-state index in [1.807, 2.05) is 24.5 Å². The Hall–Kier alpha value is -0.850. The van der Waals surface area contributed by atoms with Gasteiger partial charge in [0.1, 0.15) is 0 Å². The first kappa shape index (κ1) is 4.31. The Morgan fingerprint density at radius 2 is 1.86 bits per heavy atom. The first-order chi connectivity index (χ1) is 3.39. The van der Waals surface area contributed by atoms with Crippen molar-refractivity contribution in [3.63, 3.8) is 0 Å². The highest BCUT2D eigenvalue weighted by molar-refractivity contribution is 5.02. The predicted molar refractivity (Wildman–Crippen MR) is 27.7 cm³/mol. The van der Waals surface area contributed by atoms with Gasteiger partial charge >= 0.3 is 0 Å². The molecule has 0 aliphatic heterocycles. The van der Waals surface area contributed by atoms with E-state index >= 15 is 0 Å². The predicted octanol–water partition coefficient (Wildman–Crippen LogP) is 0.809. The van der Waals surface area contributed by atoms with Crippen LogP contribution in [-0.2, 0) is 0 Å². The summed E-state index contributed by atoms with van der Waals surface area (Å²) in [6, 6.07) is 4.06. The number of hydrogen-bond donors (Lipinski definition) is 0. The van der Waals surface area contributed by atoms with Crippen LogP contribution in [-0.4, -0.2) is 0 Å². The van der Waals surface area contributed by atoms with Crippen LogP contribution in [0.1, 0.15) is 5.56 Å². The van der Waals surface area contributed by atoms with E-state index in [-0.39, 0.29) is 0 Å². The molecule has 7 heavy (non-hydrogen) atoms. The molecule has 0 amide bonds. The van der Waals surface area contributed by atoms with Gasteiger partial charge in [-0.15, -0.1) is 0 Å². The second-order valence-corrected chi connectivity index (χ2v) is 1.58. The molecule has 0 aliphatic carbocycles. The number of aryl methyl sites for hydroxylation is 1. The molecule has 0 unspecified atom stereocenters. The molecule has 1 rings (SSSR count). The lowest BCUT2D eigenvalue weighted by Gasteiger charge is -1.77. The van der Waals surface area contributed by atoms with Crippen molar-refractivity contribution in [2.45, 2.75) is 6.92 Å². The molecule has 1 aromatic rings. The van der Waals surface area contributed by atoms with Crippen molar-refractivity contribution < 1.29 is 4.98 Å². The molecular weight excluding hydrogens is 86.1 g/mol. The number of aromatic amines is 1. The molecule has 1 aromatic heterocycles. The Labute approximate surface area is 43.0 Å². The summed E-state index contributed by atoms with van der Waals surface area (Å²) in [6.07, 6.45) is 3.82. The minimum atomic E-state index is 1.29. The first-order valence-electron chi connectivity index (χ1n) is 2.32. The van der Waals surface area contributed by atoms with Gasteiger partial charge in [-0.25, -0.2) is 4.98 Å². The van der Waals surface area contributed by atoms with Gasteiger partial charge in [-0.1, -0.05) is 0 Å². The average molecular weight is 94.1 g/mol. The number of nitrogens with one attached hydrogen (secondary N) is 1. The average Bonchev–Trinajstić information content (AvgIpc) is 1.69. The Kier molecular flexibility index (Phi) is 1.07. The molecule has 0 radical (unpaired) electrons. The molecule has 36 valence electrons. The summed E-state index contributed by atoms with van der Waals surface area (Å²) in [5.41, 5.74) is 1.29. The van der Waals surface area contributed by atoms with E-state index in [0.29, 0.717) is 0 Å². The summed E-state index contributed by atoms with van der Waals surface area (Å²) >= 11 is 0. The van der Waals surface area contributed by atoms with Crippen molar-refractivity contribution >= 4 is 0 Å². The summed E-state index contributed by atoms with van der Waals surface area (Å²) in [7, 11) is 0. The van der Waals surface area contributed by atoms with E-state index < -0.39 is 0 Å². The standard InChI is InChI=1S/C6H7N/c1-6-2-4-7-5-3-6/h2-5H,1H3/p+1. The van der Waals surface area contributed by atoms with Crippen LogP contribution in [0.2, 0.25) is 0 Å². The van der Waals surface area contributed by atoms with Gasteiger partial charge in [-0.2, -0.15) is 0 Å². The Balaban J connectivity index is 3.02. The molecule has 1 heterocycles. The molecule has 0 fully saturated rings. The SMILES string of the molecule is Cc1cc[nH+]cc1. The molecule has 1 nitrogen and oxygen atoms in total. The summed E-state index contributed by atoms with van der Waals surface area (Å²) in [5.74, 6) is 0. The molecule has 0 saturated carbocycles. The summed E-state index contributed by atoms with van der Waals surface area (Å²) in [5, 5.41) is 0. The fraction of sp³-hybridized carbons (Fsp3) is 0.167. The number of pyridine rings is 1. The molecule has 0 saturated heterocycles. The fourth-order valence-corrected chi connectivity index (χ4v) is 0.470. The molecule has 0 spiro atoms. The van der Waals surface area contributed by atoms with Gasteiger partial charge < -0.3 is 0 Å². The third-order valence-corrected chi connectivity index (χ3v) is 0.885. The summed E-state index contributed by atoms with van der Waals surface area (Å²) in [6.45, 7) is 2.06. The number of aromatic nitrogens is 1. The molecule has 0 bridgehead atoms. The van der Waals surface area contributed by atoms with Crippen LogP contribution in [0.5, 0.6) is 0 Å². The van der Waals surface area contributed by atoms with Gasteiger partial charge in [0.25, 0.3) is 0 Å². The van der Waals surface area contributed by atoms with E-state index in [2.05, 4.69) is 11.9 Å². The highest BCUT2D eigenvalue weighted by atomic mass is 14.6. The van der Waals surface area contributed by atoms with E-state index in [1.54, 1.807) is 0 Å². The normalized spacial score (nSPS) is 8.71. The van der Waals surface area contributed by atoms with Crippen LogP contribution in [0.3, 0.4) is 0 Å². The van der Waals surface area contributed by atoms with Crippen molar-refractivity contribution in [2.24, 2.45) is 0 Å². The van der Waals surface area contributed by atoms with Crippen molar-refractivity contribution in [1.29, 1.82) is 0 Å². The smallest absolute Gasteiger partial charge is 0.167 e. The topological polar surface area (TPSA) is 14.1 Å². The Morgan fingerprint density at radius 1 is 1.29 bits per heavy atom. The Bertz CT molecular complexity index is 134. The van der Waals surface area contributed by atoms with Gasteiger partial charge in [-0.3, -0.25) is 0 Å². The molecule has 1 heteroatoms. The molecule has 0 aromatic carbocycles. The van der Waals surface area contributed by atoms with Gasteiger partial charge in [0, 0.05) is 12.1 Å². The van der Waals surface area contributed by atoms with Crippen molar-refractivity contribution in [3.8, 4) is 0 Å². The third-order valence-electron chi connectivity index (χ3n) is 0.885. The summed E-state index contributed by atoms with van der Waals surface area (Å²) < 4.78 is 0. The number of rotatable bonds is 0. The maximum atomic E-state index is 2.93. The van der Waals surface area contributed by atoms with Crippen LogP contribution < -0.4 is 4.98 Å². The zero-order chi connectivity index (χ0) is 5.11. The Morgan fingerprint density at radius 3 is 2.14 bits per heavy atom. The lowest BCUT2D eigenvalue weighted by Crippen LogP contribution is -1.95. The van der Waals surface area contributed by atoms with Crippen LogP contribution in [0.4, 0.5) is 0 Å².